The van der Waals surface area contributed by atoms with Gasteiger partial charge in [0.05, 0.1) is 0 Å². The molecule has 2 aromatic heterocycles. The zero-order valence-electron chi connectivity index (χ0n) is 10.8. The molecule has 19 heavy (non-hydrogen) atoms. The third-order valence-corrected chi connectivity index (χ3v) is 3.50. The fourth-order valence-electron chi connectivity index (χ4n) is 2.21. The molecular formula is C13H16N4O2. The second-order valence-electron chi connectivity index (χ2n) is 4.88. The van der Waals surface area contributed by atoms with Gasteiger partial charge in [0.1, 0.15) is 5.54 Å². The van der Waals surface area contributed by atoms with E-state index in [0.717, 1.165) is 11.1 Å². The van der Waals surface area contributed by atoms with Crippen LogP contribution in [0.15, 0.2) is 23.0 Å². The van der Waals surface area contributed by atoms with Crippen molar-refractivity contribution in [2.75, 3.05) is 13.2 Å². The Morgan fingerprint density at radius 1 is 1.32 bits per heavy atom. The number of pyridine rings is 1. The van der Waals surface area contributed by atoms with E-state index in [1.54, 1.807) is 12.4 Å². The fraction of sp³-hybridized carbons (Fsp3) is 0.462. The topological polar surface area (TPSA) is 87.1 Å². The molecule has 1 fully saturated rings. The monoisotopic (exact) mass is 260 g/mol. The molecule has 3 rings (SSSR count). The van der Waals surface area contributed by atoms with E-state index in [1.165, 1.54) is 0 Å². The van der Waals surface area contributed by atoms with Crippen molar-refractivity contribution in [3.63, 3.8) is 0 Å². The van der Waals surface area contributed by atoms with Crippen LogP contribution >= 0.6 is 0 Å². The minimum absolute atomic E-state index is 0.488. The average molecular weight is 260 g/mol. The van der Waals surface area contributed by atoms with Crippen LogP contribution in [0.25, 0.3) is 11.4 Å². The van der Waals surface area contributed by atoms with Crippen molar-refractivity contribution < 1.29 is 9.26 Å². The van der Waals surface area contributed by atoms with Crippen LogP contribution in [0.1, 0.15) is 24.3 Å². The van der Waals surface area contributed by atoms with Crippen LogP contribution in [0, 0.1) is 6.92 Å². The lowest BCUT2D eigenvalue weighted by Gasteiger charge is -2.29. The van der Waals surface area contributed by atoms with Crippen LogP contribution < -0.4 is 5.73 Å². The van der Waals surface area contributed by atoms with Gasteiger partial charge in [-0.15, -0.1) is 0 Å². The van der Waals surface area contributed by atoms with Gasteiger partial charge < -0.3 is 15.0 Å². The van der Waals surface area contributed by atoms with Gasteiger partial charge in [-0.1, -0.05) is 5.16 Å². The fourth-order valence-corrected chi connectivity index (χ4v) is 2.21. The Hall–Kier alpha value is -1.79. The molecule has 0 radical (unpaired) electrons. The molecule has 2 N–H and O–H groups in total. The first kappa shape index (κ1) is 12.3. The Labute approximate surface area is 111 Å². The molecule has 0 unspecified atom stereocenters. The summed E-state index contributed by atoms with van der Waals surface area (Å²) in [5.74, 6) is 1.05. The van der Waals surface area contributed by atoms with Gasteiger partial charge in [0.15, 0.2) is 0 Å². The Bertz CT molecular complexity index is 576. The largest absolute Gasteiger partial charge is 0.381 e. The maximum absolute atomic E-state index is 6.32. The van der Waals surface area contributed by atoms with E-state index in [2.05, 4.69) is 15.1 Å². The third kappa shape index (κ3) is 2.24. The van der Waals surface area contributed by atoms with E-state index in [0.29, 0.717) is 37.8 Å². The summed E-state index contributed by atoms with van der Waals surface area (Å²) in [4.78, 5) is 8.50. The highest BCUT2D eigenvalue weighted by molar-refractivity contribution is 5.58. The van der Waals surface area contributed by atoms with Crippen molar-refractivity contribution in [3.05, 3.63) is 29.9 Å². The number of nitrogens with two attached hydrogens (primary N) is 1. The normalized spacial score (nSPS) is 18.4. The molecule has 0 saturated carbocycles. The molecule has 0 atom stereocenters. The number of hydrogen-bond acceptors (Lipinski definition) is 6. The molecule has 1 saturated heterocycles. The predicted octanol–water partition coefficient (Wildman–Crippen LogP) is 1.40. The summed E-state index contributed by atoms with van der Waals surface area (Å²) < 4.78 is 10.7. The van der Waals surface area contributed by atoms with Crippen molar-refractivity contribution in [1.82, 2.24) is 15.1 Å². The number of aromatic nitrogens is 3. The first-order valence-corrected chi connectivity index (χ1v) is 6.31. The highest BCUT2D eigenvalue weighted by Crippen LogP contribution is 2.30. The molecule has 6 nitrogen and oxygen atoms in total. The van der Waals surface area contributed by atoms with Crippen molar-refractivity contribution in [2.24, 2.45) is 5.73 Å². The lowest BCUT2D eigenvalue weighted by Crippen LogP contribution is -2.42. The van der Waals surface area contributed by atoms with Gasteiger partial charge >= 0.3 is 0 Å². The summed E-state index contributed by atoms with van der Waals surface area (Å²) in [6.45, 7) is 3.22. The number of aryl methyl sites for hydroxylation is 1. The number of hydrogen-bond donors (Lipinski definition) is 1. The van der Waals surface area contributed by atoms with Crippen molar-refractivity contribution in [1.29, 1.82) is 0 Å². The first-order valence-electron chi connectivity index (χ1n) is 6.31. The Morgan fingerprint density at radius 2 is 2.11 bits per heavy atom. The lowest BCUT2D eigenvalue weighted by molar-refractivity contribution is 0.0400. The Kier molecular flexibility index (Phi) is 3.04. The number of rotatable bonds is 2. The lowest BCUT2D eigenvalue weighted by atomic mass is 9.91. The van der Waals surface area contributed by atoms with E-state index in [4.69, 9.17) is 15.0 Å². The molecular weight excluding hydrogens is 244 g/mol. The SMILES string of the molecule is Cc1cnccc1-c1noc(C2(N)CCOCC2)n1. The van der Waals surface area contributed by atoms with Crippen LogP contribution in [0.5, 0.6) is 0 Å². The zero-order chi connectivity index (χ0) is 13.3. The van der Waals surface area contributed by atoms with E-state index in [-0.39, 0.29) is 0 Å². The summed E-state index contributed by atoms with van der Waals surface area (Å²) >= 11 is 0. The van der Waals surface area contributed by atoms with E-state index < -0.39 is 5.54 Å². The second kappa shape index (κ2) is 4.71. The predicted molar refractivity (Wildman–Crippen MR) is 68.2 cm³/mol. The summed E-state index contributed by atoms with van der Waals surface area (Å²) in [7, 11) is 0. The molecule has 6 heteroatoms. The number of nitrogens with zero attached hydrogens (tertiary/aromatic N) is 3. The van der Waals surface area contributed by atoms with Crippen LogP contribution in [0.3, 0.4) is 0 Å². The van der Waals surface area contributed by atoms with Gasteiger partial charge in [0.25, 0.3) is 0 Å². The van der Waals surface area contributed by atoms with Gasteiger partial charge in [0, 0.05) is 31.2 Å². The van der Waals surface area contributed by atoms with Crippen LogP contribution in [-0.4, -0.2) is 28.3 Å². The summed E-state index contributed by atoms with van der Waals surface area (Å²) in [6, 6.07) is 1.87. The maximum Gasteiger partial charge on any atom is 0.247 e. The minimum atomic E-state index is -0.565. The molecule has 0 bridgehead atoms. The molecule has 0 spiro atoms. The van der Waals surface area contributed by atoms with Crippen molar-refractivity contribution in [3.8, 4) is 11.4 Å². The average Bonchev–Trinajstić information content (AvgIpc) is 2.90. The van der Waals surface area contributed by atoms with Gasteiger partial charge in [-0.3, -0.25) is 4.98 Å². The Morgan fingerprint density at radius 3 is 2.84 bits per heavy atom. The molecule has 3 heterocycles. The van der Waals surface area contributed by atoms with Crippen molar-refractivity contribution in [2.45, 2.75) is 25.3 Å². The smallest absolute Gasteiger partial charge is 0.247 e. The highest BCUT2D eigenvalue weighted by atomic mass is 16.5. The number of ether oxygens (including phenoxy) is 1. The van der Waals surface area contributed by atoms with Gasteiger partial charge in [-0.05, 0) is 31.4 Å². The molecule has 1 aliphatic heterocycles. The molecule has 0 aliphatic carbocycles. The van der Waals surface area contributed by atoms with Crippen LogP contribution in [0.2, 0.25) is 0 Å². The van der Waals surface area contributed by atoms with E-state index in [9.17, 15) is 0 Å². The summed E-state index contributed by atoms with van der Waals surface area (Å²) in [5, 5.41) is 4.03. The first-order chi connectivity index (χ1) is 9.19. The molecule has 100 valence electrons. The standard InChI is InChI=1S/C13H16N4O2/c1-9-8-15-5-2-10(9)11-16-12(19-17-11)13(14)3-6-18-7-4-13/h2,5,8H,3-4,6-7,14H2,1H3. The summed E-state index contributed by atoms with van der Waals surface area (Å²) in [6.07, 6.45) is 4.89. The van der Waals surface area contributed by atoms with Gasteiger partial charge in [-0.25, -0.2) is 0 Å². The molecule has 0 amide bonds. The quantitative estimate of drug-likeness (QED) is 0.878. The third-order valence-electron chi connectivity index (χ3n) is 3.50. The zero-order valence-corrected chi connectivity index (χ0v) is 10.8. The second-order valence-corrected chi connectivity index (χ2v) is 4.88. The van der Waals surface area contributed by atoms with Crippen molar-refractivity contribution >= 4 is 0 Å². The van der Waals surface area contributed by atoms with E-state index >= 15 is 0 Å². The molecule has 2 aromatic rings. The van der Waals surface area contributed by atoms with Gasteiger partial charge in [0.2, 0.25) is 11.7 Å². The van der Waals surface area contributed by atoms with E-state index in [1.807, 2.05) is 13.0 Å². The Balaban J connectivity index is 1.93. The van der Waals surface area contributed by atoms with Gasteiger partial charge in [-0.2, -0.15) is 4.98 Å². The van der Waals surface area contributed by atoms with Crippen LogP contribution in [-0.2, 0) is 10.3 Å². The maximum atomic E-state index is 6.32. The van der Waals surface area contributed by atoms with Crippen LogP contribution in [0.4, 0.5) is 0 Å². The minimum Gasteiger partial charge on any atom is -0.381 e. The highest BCUT2D eigenvalue weighted by Gasteiger charge is 2.35. The molecule has 0 aromatic carbocycles. The molecule has 1 aliphatic rings. The summed E-state index contributed by atoms with van der Waals surface area (Å²) in [5.41, 5.74) is 7.68.